The molecule has 8 nitrogen and oxygen atoms in total. The number of piperidine rings is 1. The number of imidazole rings is 1. The summed E-state index contributed by atoms with van der Waals surface area (Å²) in [5.74, 6) is 3.66. The minimum absolute atomic E-state index is 0.490. The van der Waals surface area contributed by atoms with E-state index in [1.807, 2.05) is 17.8 Å². The van der Waals surface area contributed by atoms with Gasteiger partial charge < -0.3 is 14.0 Å². The van der Waals surface area contributed by atoms with Gasteiger partial charge in [-0.05, 0) is 25.7 Å². The van der Waals surface area contributed by atoms with Gasteiger partial charge in [0.15, 0.2) is 5.65 Å². The highest BCUT2D eigenvalue weighted by Crippen LogP contribution is 2.30. The van der Waals surface area contributed by atoms with Crippen molar-refractivity contribution in [2.24, 2.45) is 7.05 Å². The molecule has 2 aliphatic rings. The number of aryl methyl sites for hydroxylation is 2. The second kappa shape index (κ2) is 6.34. The minimum Gasteiger partial charge on any atom is -0.341 e. The first-order valence-electron chi connectivity index (χ1n) is 9.60. The Kier molecular flexibility index (Phi) is 3.83. The Morgan fingerprint density at radius 3 is 2.77 bits per heavy atom. The van der Waals surface area contributed by atoms with Crippen molar-refractivity contribution in [3.8, 4) is 0 Å². The molecule has 0 radical (unpaired) electrons. The van der Waals surface area contributed by atoms with E-state index in [-0.39, 0.29) is 0 Å². The first kappa shape index (κ1) is 15.7. The Labute approximate surface area is 152 Å². The van der Waals surface area contributed by atoms with Crippen molar-refractivity contribution in [1.82, 2.24) is 34.3 Å². The third-order valence-corrected chi connectivity index (χ3v) is 5.75. The van der Waals surface area contributed by atoms with Gasteiger partial charge in [-0.2, -0.15) is 4.98 Å². The van der Waals surface area contributed by atoms with E-state index >= 15 is 0 Å². The van der Waals surface area contributed by atoms with Gasteiger partial charge >= 0.3 is 0 Å². The van der Waals surface area contributed by atoms with Crippen LogP contribution in [0.25, 0.3) is 11.2 Å². The van der Waals surface area contributed by atoms with Crippen LogP contribution in [-0.4, -0.2) is 47.4 Å². The maximum Gasteiger partial charge on any atom is 0.227 e. The van der Waals surface area contributed by atoms with Gasteiger partial charge in [0.2, 0.25) is 5.95 Å². The Hall–Kier alpha value is -2.51. The van der Waals surface area contributed by atoms with Crippen LogP contribution in [0.15, 0.2) is 12.5 Å². The van der Waals surface area contributed by atoms with Crippen LogP contribution in [-0.2, 0) is 20.0 Å². The number of fused-ring (bicyclic) bond motifs is 2. The molecule has 5 heterocycles. The zero-order valence-electron chi connectivity index (χ0n) is 15.2. The molecule has 136 valence electrons. The molecule has 1 fully saturated rings. The summed E-state index contributed by atoms with van der Waals surface area (Å²) >= 11 is 0. The van der Waals surface area contributed by atoms with Crippen molar-refractivity contribution < 1.29 is 0 Å². The standard InChI is InChI=1S/C18H24N8/c1-24-12-20-16-14(24)11-19-18(21-16)25-9-6-13(7-10-25)17-23-22-15-5-3-2-4-8-26(15)17/h11-13H,2-10H2,1H3. The number of anilines is 1. The van der Waals surface area contributed by atoms with Crippen molar-refractivity contribution in [3.05, 3.63) is 24.2 Å². The van der Waals surface area contributed by atoms with Gasteiger partial charge in [0, 0.05) is 39.0 Å². The molecule has 0 unspecified atom stereocenters. The summed E-state index contributed by atoms with van der Waals surface area (Å²) < 4.78 is 4.34. The number of aromatic nitrogens is 7. The smallest absolute Gasteiger partial charge is 0.227 e. The maximum absolute atomic E-state index is 4.64. The van der Waals surface area contributed by atoms with Gasteiger partial charge in [-0.25, -0.2) is 9.97 Å². The van der Waals surface area contributed by atoms with Gasteiger partial charge in [-0.15, -0.1) is 10.2 Å². The molecule has 0 saturated carbocycles. The first-order chi connectivity index (χ1) is 12.8. The topological polar surface area (TPSA) is 77.5 Å². The molecule has 0 aliphatic carbocycles. The molecule has 0 amide bonds. The predicted molar refractivity (Wildman–Crippen MR) is 98.1 cm³/mol. The molecule has 5 rings (SSSR count). The summed E-state index contributed by atoms with van der Waals surface area (Å²) in [5.41, 5.74) is 1.73. The van der Waals surface area contributed by atoms with Crippen LogP contribution < -0.4 is 4.90 Å². The van der Waals surface area contributed by atoms with Crippen molar-refractivity contribution in [1.29, 1.82) is 0 Å². The quantitative estimate of drug-likeness (QED) is 0.703. The molecular weight excluding hydrogens is 328 g/mol. The summed E-state index contributed by atoms with van der Waals surface area (Å²) in [6.45, 7) is 2.98. The van der Waals surface area contributed by atoms with Crippen LogP contribution in [0.2, 0.25) is 0 Å². The van der Waals surface area contributed by atoms with Crippen LogP contribution in [0.3, 0.4) is 0 Å². The Morgan fingerprint density at radius 2 is 1.88 bits per heavy atom. The van der Waals surface area contributed by atoms with Gasteiger partial charge in [-0.1, -0.05) is 6.42 Å². The van der Waals surface area contributed by atoms with E-state index in [2.05, 4.69) is 34.6 Å². The Bertz CT molecular complexity index is 919. The molecule has 0 N–H and O–H groups in total. The third kappa shape index (κ3) is 2.64. The van der Waals surface area contributed by atoms with E-state index in [1.54, 1.807) is 6.33 Å². The fourth-order valence-corrected chi connectivity index (χ4v) is 4.20. The first-order valence-corrected chi connectivity index (χ1v) is 9.60. The number of rotatable bonds is 2. The molecule has 8 heteroatoms. The van der Waals surface area contributed by atoms with E-state index in [0.717, 1.165) is 56.0 Å². The van der Waals surface area contributed by atoms with Crippen molar-refractivity contribution in [3.63, 3.8) is 0 Å². The van der Waals surface area contributed by atoms with Crippen molar-refractivity contribution >= 4 is 17.1 Å². The molecule has 1 saturated heterocycles. The molecule has 2 aliphatic heterocycles. The molecule has 0 spiro atoms. The average molecular weight is 352 g/mol. The lowest BCUT2D eigenvalue weighted by atomic mass is 9.96. The van der Waals surface area contributed by atoms with E-state index in [9.17, 15) is 0 Å². The van der Waals surface area contributed by atoms with Crippen LogP contribution in [0, 0.1) is 0 Å². The second-order valence-corrected chi connectivity index (χ2v) is 7.43. The maximum atomic E-state index is 4.64. The molecular formula is C18H24N8. The number of hydrogen-bond acceptors (Lipinski definition) is 6. The van der Waals surface area contributed by atoms with Crippen LogP contribution in [0.1, 0.15) is 49.7 Å². The summed E-state index contributed by atoms with van der Waals surface area (Å²) in [5, 5.41) is 9.02. The minimum atomic E-state index is 0.490. The summed E-state index contributed by atoms with van der Waals surface area (Å²) in [4.78, 5) is 15.8. The van der Waals surface area contributed by atoms with Crippen molar-refractivity contribution in [2.45, 2.75) is 51.0 Å². The summed E-state index contributed by atoms with van der Waals surface area (Å²) in [6.07, 6.45) is 10.7. The average Bonchev–Trinajstić information content (AvgIpc) is 3.17. The van der Waals surface area contributed by atoms with E-state index in [0.29, 0.717) is 5.92 Å². The third-order valence-electron chi connectivity index (χ3n) is 5.75. The fraction of sp³-hybridized carbons (Fsp3) is 0.611. The monoisotopic (exact) mass is 352 g/mol. The van der Waals surface area contributed by atoms with E-state index < -0.39 is 0 Å². The lowest BCUT2D eigenvalue weighted by Crippen LogP contribution is -2.35. The van der Waals surface area contributed by atoms with Crippen LogP contribution >= 0.6 is 0 Å². The zero-order valence-corrected chi connectivity index (χ0v) is 15.2. The lowest BCUT2D eigenvalue weighted by Gasteiger charge is -2.31. The van der Waals surface area contributed by atoms with Gasteiger partial charge in [0.1, 0.15) is 17.2 Å². The summed E-state index contributed by atoms with van der Waals surface area (Å²) in [6, 6.07) is 0. The van der Waals surface area contributed by atoms with E-state index in [1.165, 1.54) is 30.9 Å². The lowest BCUT2D eigenvalue weighted by molar-refractivity contribution is 0.456. The highest BCUT2D eigenvalue weighted by atomic mass is 15.3. The normalized spacial score (nSPS) is 18.9. The fourth-order valence-electron chi connectivity index (χ4n) is 4.20. The molecule has 0 bridgehead atoms. The highest BCUT2D eigenvalue weighted by molar-refractivity contribution is 5.70. The van der Waals surface area contributed by atoms with Crippen LogP contribution in [0.5, 0.6) is 0 Å². The van der Waals surface area contributed by atoms with Crippen LogP contribution in [0.4, 0.5) is 5.95 Å². The molecule has 3 aromatic rings. The number of hydrogen-bond donors (Lipinski definition) is 0. The largest absolute Gasteiger partial charge is 0.341 e. The SMILES string of the molecule is Cn1cnc2nc(N3CCC(c4nnc5n4CCCCC5)CC3)ncc21. The zero-order chi connectivity index (χ0) is 17.5. The van der Waals surface area contributed by atoms with Gasteiger partial charge in [0.05, 0.1) is 12.5 Å². The molecule has 0 atom stereocenters. The van der Waals surface area contributed by atoms with Gasteiger partial charge in [-0.3, -0.25) is 0 Å². The molecule has 3 aromatic heterocycles. The molecule has 0 aromatic carbocycles. The predicted octanol–water partition coefficient (Wildman–Crippen LogP) is 2.07. The van der Waals surface area contributed by atoms with E-state index in [4.69, 9.17) is 0 Å². The Balaban J connectivity index is 1.32. The Morgan fingerprint density at radius 1 is 1.00 bits per heavy atom. The highest BCUT2D eigenvalue weighted by Gasteiger charge is 2.27. The summed E-state index contributed by atoms with van der Waals surface area (Å²) in [7, 11) is 1.96. The number of nitrogens with zero attached hydrogens (tertiary/aromatic N) is 8. The second-order valence-electron chi connectivity index (χ2n) is 7.43. The molecule has 26 heavy (non-hydrogen) atoms. The van der Waals surface area contributed by atoms with Crippen molar-refractivity contribution in [2.75, 3.05) is 18.0 Å². The van der Waals surface area contributed by atoms with Gasteiger partial charge in [0.25, 0.3) is 0 Å².